The third-order valence-corrected chi connectivity index (χ3v) is 3.54. The van der Waals surface area contributed by atoms with Gasteiger partial charge >= 0.3 is 0 Å². The van der Waals surface area contributed by atoms with E-state index >= 15 is 0 Å². The summed E-state index contributed by atoms with van der Waals surface area (Å²) in [6.45, 7) is 1.69. The van der Waals surface area contributed by atoms with Crippen LogP contribution in [-0.2, 0) is 4.79 Å². The Balaban J connectivity index is 2.01. The lowest BCUT2D eigenvalue weighted by molar-refractivity contribution is -0.122. The molecule has 20 heavy (non-hydrogen) atoms. The molecule has 0 aliphatic carbocycles. The van der Waals surface area contributed by atoms with E-state index in [0.717, 1.165) is 4.47 Å². The maximum Gasteiger partial charge on any atom is 0.265 e. The fraction of sp³-hybridized carbons (Fsp3) is 0.133. The summed E-state index contributed by atoms with van der Waals surface area (Å²) in [6, 6.07) is 14.4. The molecule has 0 heterocycles. The first kappa shape index (κ1) is 14.9. The molecule has 0 unspecified atom stereocenters. The van der Waals surface area contributed by atoms with Crippen molar-refractivity contribution in [1.82, 2.24) is 0 Å². The number of carbonyl (C=O) groups excluding carboxylic acids is 1. The maximum atomic E-state index is 12.1. The van der Waals surface area contributed by atoms with Crippen molar-refractivity contribution in [3.05, 3.63) is 58.0 Å². The first-order valence-electron chi connectivity index (χ1n) is 6.04. The van der Waals surface area contributed by atoms with Gasteiger partial charge < -0.3 is 10.1 Å². The van der Waals surface area contributed by atoms with Gasteiger partial charge in [0.15, 0.2) is 6.10 Å². The molecule has 5 heteroatoms. The quantitative estimate of drug-likeness (QED) is 0.877. The summed E-state index contributed by atoms with van der Waals surface area (Å²) in [4.78, 5) is 12.1. The molecule has 0 saturated heterocycles. The largest absolute Gasteiger partial charge is 0.481 e. The van der Waals surface area contributed by atoms with Crippen LogP contribution < -0.4 is 10.1 Å². The zero-order chi connectivity index (χ0) is 14.5. The van der Waals surface area contributed by atoms with Crippen LogP contribution >= 0.6 is 27.5 Å². The van der Waals surface area contributed by atoms with Crippen LogP contribution in [-0.4, -0.2) is 12.0 Å². The standard InChI is InChI=1S/C15H13BrClNO2/c1-10(20-12-6-4-5-11(17)9-12)15(19)18-14-8-3-2-7-13(14)16/h2-10H,1H3,(H,18,19)/t10-/m0/s1. The number of ether oxygens (including phenoxy) is 1. The van der Waals surface area contributed by atoms with E-state index in [1.165, 1.54) is 0 Å². The molecule has 0 saturated carbocycles. The van der Waals surface area contributed by atoms with Crippen LogP contribution in [0.15, 0.2) is 53.0 Å². The lowest BCUT2D eigenvalue weighted by atomic mass is 10.3. The summed E-state index contributed by atoms with van der Waals surface area (Å²) in [5.41, 5.74) is 0.707. The summed E-state index contributed by atoms with van der Waals surface area (Å²) < 4.78 is 6.38. The van der Waals surface area contributed by atoms with Crippen LogP contribution in [0.4, 0.5) is 5.69 Å². The van der Waals surface area contributed by atoms with E-state index in [0.29, 0.717) is 16.5 Å². The number of rotatable bonds is 4. The van der Waals surface area contributed by atoms with Crippen LogP contribution in [0, 0.1) is 0 Å². The Kier molecular flexibility index (Phi) is 5.04. The van der Waals surface area contributed by atoms with Gasteiger partial charge in [-0.15, -0.1) is 0 Å². The number of amides is 1. The van der Waals surface area contributed by atoms with Crippen LogP contribution in [0.3, 0.4) is 0 Å². The van der Waals surface area contributed by atoms with E-state index in [1.54, 1.807) is 31.2 Å². The van der Waals surface area contributed by atoms with Crippen molar-refractivity contribution in [2.24, 2.45) is 0 Å². The van der Waals surface area contributed by atoms with Crippen LogP contribution in [0.1, 0.15) is 6.92 Å². The molecule has 2 aromatic carbocycles. The Morgan fingerprint density at radius 3 is 2.70 bits per heavy atom. The van der Waals surface area contributed by atoms with E-state index in [-0.39, 0.29) is 5.91 Å². The molecule has 1 N–H and O–H groups in total. The normalized spacial score (nSPS) is 11.8. The molecular formula is C15H13BrClNO2. The average molecular weight is 355 g/mol. The van der Waals surface area contributed by atoms with Crippen LogP contribution in [0.5, 0.6) is 5.75 Å². The van der Waals surface area contributed by atoms with Crippen LogP contribution in [0.25, 0.3) is 0 Å². The van der Waals surface area contributed by atoms with Gasteiger partial charge in [0.1, 0.15) is 5.75 Å². The molecule has 1 atom stereocenters. The molecule has 0 bridgehead atoms. The maximum absolute atomic E-state index is 12.1. The van der Waals surface area contributed by atoms with E-state index in [2.05, 4.69) is 21.2 Å². The van der Waals surface area contributed by atoms with E-state index in [1.807, 2.05) is 24.3 Å². The Morgan fingerprint density at radius 1 is 1.25 bits per heavy atom. The predicted molar refractivity (Wildman–Crippen MR) is 84.3 cm³/mol. The van der Waals surface area contributed by atoms with Gasteiger partial charge in [-0.1, -0.05) is 29.8 Å². The number of anilines is 1. The van der Waals surface area contributed by atoms with Gasteiger partial charge in [0.05, 0.1) is 5.69 Å². The Bertz CT molecular complexity index is 618. The first-order valence-corrected chi connectivity index (χ1v) is 7.21. The molecule has 0 aliphatic heterocycles. The monoisotopic (exact) mass is 353 g/mol. The zero-order valence-electron chi connectivity index (χ0n) is 10.8. The fourth-order valence-corrected chi connectivity index (χ4v) is 2.16. The number of hydrogen-bond donors (Lipinski definition) is 1. The van der Waals surface area contributed by atoms with Crippen LogP contribution in [0.2, 0.25) is 5.02 Å². The van der Waals surface area contributed by atoms with Crippen molar-refractivity contribution in [3.8, 4) is 5.75 Å². The molecule has 0 spiro atoms. The highest BCUT2D eigenvalue weighted by atomic mass is 79.9. The summed E-state index contributed by atoms with van der Waals surface area (Å²) in [5.74, 6) is 0.337. The van der Waals surface area contributed by atoms with E-state index in [9.17, 15) is 4.79 Å². The predicted octanol–water partition coefficient (Wildman–Crippen LogP) is 4.51. The molecule has 0 aromatic heterocycles. The molecule has 104 valence electrons. The topological polar surface area (TPSA) is 38.3 Å². The number of para-hydroxylation sites is 1. The Hall–Kier alpha value is -1.52. The summed E-state index contributed by atoms with van der Waals surface area (Å²) in [7, 11) is 0. The minimum Gasteiger partial charge on any atom is -0.481 e. The zero-order valence-corrected chi connectivity index (χ0v) is 13.1. The van der Waals surface area contributed by atoms with Gasteiger partial charge in [0.2, 0.25) is 0 Å². The Morgan fingerprint density at radius 2 is 2.00 bits per heavy atom. The smallest absolute Gasteiger partial charge is 0.265 e. The van der Waals surface area contributed by atoms with Crippen molar-refractivity contribution >= 4 is 39.1 Å². The van der Waals surface area contributed by atoms with Crippen molar-refractivity contribution in [2.45, 2.75) is 13.0 Å². The molecule has 1 amide bonds. The van der Waals surface area contributed by atoms with Gasteiger partial charge in [-0.05, 0) is 53.2 Å². The Labute approximate surface area is 131 Å². The van der Waals surface area contributed by atoms with Crippen molar-refractivity contribution < 1.29 is 9.53 Å². The number of halogens is 2. The molecular weight excluding hydrogens is 342 g/mol. The highest BCUT2D eigenvalue weighted by Gasteiger charge is 2.15. The lowest BCUT2D eigenvalue weighted by Crippen LogP contribution is -2.30. The summed E-state index contributed by atoms with van der Waals surface area (Å²) >= 11 is 9.25. The molecule has 2 aromatic rings. The molecule has 0 radical (unpaired) electrons. The van der Waals surface area contributed by atoms with Crippen molar-refractivity contribution in [2.75, 3.05) is 5.32 Å². The third-order valence-electron chi connectivity index (χ3n) is 2.61. The SMILES string of the molecule is C[C@H](Oc1cccc(Cl)c1)C(=O)Nc1ccccc1Br. The number of hydrogen-bond acceptors (Lipinski definition) is 2. The molecule has 3 nitrogen and oxygen atoms in total. The second kappa shape index (κ2) is 6.77. The van der Waals surface area contributed by atoms with Crippen molar-refractivity contribution in [3.63, 3.8) is 0 Å². The average Bonchev–Trinajstić information content (AvgIpc) is 2.41. The van der Waals surface area contributed by atoms with Gasteiger partial charge in [-0.25, -0.2) is 0 Å². The second-order valence-corrected chi connectivity index (χ2v) is 5.48. The summed E-state index contributed by atoms with van der Waals surface area (Å²) in [5, 5.41) is 3.37. The first-order chi connectivity index (χ1) is 9.56. The van der Waals surface area contributed by atoms with Gasteiger partial charge in [-0.2, -0.15) is 0 Å². The molecule has 2 rings (SSSR count). The lowest BCUT2D eigenvalue weighted by Gasteiger charge is -2.15. The number of carbonyl (C=O) groups is 1. The van der Waals surface area contributed by atoms with Gasteiger partial charge in [-0.3, -0.25) is 4.79 Å². The number of nitrogens with one attached hydrogen (secondary N) is 1. The highest BCUT2D eigenvalue weighted by Crippen LogP contribution is 2.22. The van der Waals surface area contributed by atoms with Gasteiger partial charge in [0.25, 0.3) is 5.91 Å². The van der Waals surface area contributed by atoms with E-state index < -0.39 is 6.10 Å². The van der Waals surface area contributed by atoms with Gasteiger partial charge in [0, 0.05) is 9.50 Å². The highest BCUT2D eigenvalue weighted by molar-refractivity contribution is 9.10. The summed E-state index contributed by atoms with van der Waals surface area (Å²) in [6.07, 6.45) is -0.624. The minimum absolute atomic E-state index is 0.225. The fourth-order valence-electron chi connectivity index (χ4n) is 1.59. The molecule has 0 fully saturated rings. The third kappa shape index (κ3) is 3.99. The molecule has 0 aliphatic rings. The van der Waals surface area contributed by atoms with Crippen molar-refractivity contribution in [1.29, 1.82) is 0 Å². The van der Waals surface area contributed by atoms with E-state index in [4.69, 9.17) is 16.3 Å². The second-order valence-electron chi connectivity index (χ2n) is 4.19. The minimum atomic E-state index is -0.624. The number of benzene rings is 2.